The maximum Gasteiger partial charge on any atom is 0.211 e. The van der Waals surface area contributed by atoms with E-state index in [9.17, 15) is 8.42 Å². The monoisotopic (exact) mass is 323 g/mol. The summed E-state index contributed by atoms with van der Waals surface area (Å²) in [6, 6.07) is 0. The van der Waals surface area contributed by atoms with Crippen molar-refractivity contribution in [2.24, 2.45) is 5.92 Å². The first kappa shape index (κ1) is 18.8. The van der Waals surface area contributed by atoms with Crippen molar-refractivity contribution in [3.05, 3.63) is 0 Å². The molecule has 0 radical (unpaired) electrons. The molecular weight excluding hydrogens is 294 g/mol. The van der Waals surface area contributed by atoms with E-state index in [1.165, 1.54) is 0 Å². The molecule has 1 heterocycles. The van der Waals surface area contributed by atoms with Crippen molar-refractivity contribution in [2.45, 2.75) is 39.2 Å². The van der Waals surface area contributed by atoms with Gasteiger partial charge in [-0.25, -0.2) is 13.1 Å². The highest BCUT2D eigenvalue weighted by Gasteiger charge is 2.16. The van der Waals surface area contributed by atoms with Crippen LogP contribution in [0.25, 0.3) is 0 Å². The van der Waals surface area contributed by atoms with Crippen molar-refractivity contribution in [3.8, 4) is 0 Å². The first-order valence-electron chi connectivity index (χ1n) is 7.78. The molecule has 1 aliphatic rings. The highest BCUT2D eigenvalue weighted by molar-refractivity contribution is 7.89. The lowest BCUT2D eigenvalue weighted by Gasteiger charge is -2.13. The van der Waals surface area contributed by atoms with Crippen LogP contribution in [0.15, 0.2) is 0 Å². The predicted molar refractivity (Wildman–Crippen MR) is 81.9 cm³/mol. The van der Waals surface area contributed by atoms with Gasteiger partial charge in [0.25, 0.3) is 0 Å². The molecule has 0 aromatic carbocycles. The van der Waals surface area contributed by atoms with Crippen molar-refractivity contribution in [1.29, 1.82) is 0 Å². The molecule has 0 saturated carbocycles. The normalized spacial score (nSPS) is 20.8. The van der Waals surface area contributed by atoms with Gasteiger partial charge in [0, 0.05) is 26.4 Å². The van der Waals surface area contributed by atoms with E-state index in [-0.39, 0.29) is 17.8 Å². The number of hydrogen-bond acceptors (Lipinski definition) is 5. The van der Waals surface area contributed by atoms with Gasteiger partial charge in [-0.3, -0.25) is 0 Å². The average Bonchev–Trinajstić information content (AvgIpc) is 2.93. The van der Waals surface area contributed by atoms with Crippen LogP contribution < -0.4 is 4.72 Å². The third-order valence-electron chi connectivity index (χ3n) is 3.23. The van der Waals surface area contributed by atoms with Gasteiger partial charge in [0.05, 0.1) is 25.1 Å². The Balaban J connectivity index is 2.01. The van der Waals surface area contributed by atoms with Gasteiger partial charge >= 0.3 is 0 Å². The van der Waals surface area contributed by atoms with Gasteiger partial charge in [-0.1, -0.05) is 6.92 Å². The van der Waals surface area contributed by atoms with Gasteiger partial charge < -0.3 is 14.2 Å². The second kappa shape index (κ2) is 10.5. The lowest BCUT2D eigenvalue weighted by atomic mass is 10.2. The van der Waals surface area contributed by atoms with Crippen LogP contribution in [0.4, 0.5) is 0 Å². The lowest BCUT2D eigenvalue weighted by molar-refractivity contribution is 0.0169. The first-order chi connectivity index (χ1) is 10.0. The summed E-state index contributed by atoms with van der Waals surface area (Å²) < 4.78 is 42.4. The summed E-state index contributed by atoms with van der Waals surface area (Å²) in [5.41, 5.74) is 0. The molecule has 0 unspecified atom stereocenters. The molecule has 0 bridgehead atoms. The summed E-state index contributed by atoms with van der Waals surface area (Å²) in [5.74, 6) is 0.0993. The zero-order chi connectivity index (χ0) is 15.6. The molecule has 1 aliphatic heterocycles. The Kier molecular flexibility index (Phi) is 9.42. The molecule has 0 amide bonds. The summed E-state index contributed by atoms with van der Waals surface area (Å²) in [6.07, 6.45) is 3.06. The van der Waals surface area contributed by atoms with E-state index in [4.69, 9.17) is 14.2 Å². The van der Waals surface area contributed by atoms with E-state index < -0.39 is 10.0 Å². The highest BCUT2D eigenvalue weighted by Crippen LogP contribution is 2.11. The quantitative estimate of drug-likeness (QED) is 0.546. The summed E-state index contributed by atoms with van der Waals surface area (Å²) in [6.45, 7) is 7.26. The second-order valence-electron chi connectivity index (χ2n) is 5.50. The summed E-state index contributed by atoms with van der Waals surface area (Å²) in [5, 5.41) is 0. The van der Waals surface area contributed by atoms with Crippen LogP contribution in [-0.2, 0) is 24.2 Å². The Bertz CT molecular complexity index is 354. The Hall–Kier alpha value is -0.210. The molecule has 21 heavy (non-hydrogen) atoms. The maximum atomic E-state index is 11.8. The number of ether oxygens (including phenoxy) is 3. The van der Waals surface area contributed by atoms with Crippen molar-refractivity contribution in [3.63, 3.8) is 0 Å². The van der Waals surface area contributed by atoms with Crippen LogP contribution in [0.3, 0.4) is 0 Å². The number of hydrogen-bond donors (Lipinski definition) is 1. The fourth-order valence-electron chi connectivity index (χ4n) is 2.19. The van der Waals surface area contributed by atoms with E-state index in [0.29, 0.717) is 39.4 Å². The predicted octanol–water partition coefficient (Wildman–Crippen LogP) is 1.16. The molecule has 1 N–H and O–H groups in total. The maximum absolute atomic E-state index is 11.8. The Labute approximate surface area is 128 Å². The minimum atomic E-state index is -3.22. The highest BCUT2D eigenvalue weighted by atomic mass is 32.2. The second-order valence-corrected chi connectivity index (χ2v) is 7.36. The van der Waals surface area contributed by atoms with E-state index in [2.05, 4.69) is 4.72 Å². The molecule has 0 aromatic rings. The fourth-order valence-corrected chi connectivity index (χ4v) is 3.61. The topological polar surface area (TPSA) is 73.9 Å². The summed E-state index contributed by atoms with van der Waals surface area (Å²) in [4.78, 5) is 0. The SMILES string of the molecule is CCOC[C@@H](C)CS(=O)(=O)NCCCOC[C@H]1CCCO1. The third-order valence-corrected chi connectivity index (χ3v) is 4.88. The molecule has 2 atom stereocenters. The van der Waals surface area contributed by atoms with E-state index >= 15 is 0 Å². The molecule has 7 heteroatoms. The molecule has 6 nitrogen and oxygen atoms in total. The number of sulfonamides is 1. The van der Waals surface area contributed by atoms with Crippen LogP contribution in [-0.4, -0.2) is 59.9 Å². The molecule has 0 spiro atoms. The van der Waals surface area contributed by atoms with Crippen LogP contribution in [0.2, 0.25) is 0 Å². The van der Waals surface area contributed by atoms with Crippen LogP contribution in [0, 0.1) is 5.92 Å². The van der Waals surface area contributed by atoms with E-state index in [0.717, 1.165) is 19.4 Å². The third kappa shape index (κ3) is 9.42. The Morgan fingerprint density at radius 1 is 1.38 bits per heavy atom. The van der Waals surface area contributed by atoms with E-state index in [1.807, 2.05) is 13.8 Å². The molecule has 0 aromatic heterocycles. The average molecular weight is 323 g/mol. The number of rotatable bonds is 12. The number of nitrogens with one attached hydrogen (secondary N) is 1. The molecular formula is C14H29NO5S. The molecule has 1 saturated heterocycles. The van der Waals surface area contributed by atoms with Gasteiger partial charge in [-0.15, -0.1) is 0 Å². The van der Waals surface area contributed by atoms with Gasteiger partial charge in [-0.2, -0.15) is 0 Å². The van der Waals surface area contributed by atoms with Crippen LogP contribution in [0.1, 0.15) is 33.1 Å². The van der Waals surface area contributed by atoms with Gasteiger partial charge in [-0.05, 0) is 32.1 Å². The first-order valence-corrected chi connectivity index (χ1v) is 9.43. The molecule has 1 fully saturated rings. The van der Waals surface area contributed by atoms with Crippen molar-refractivity contribution in [2.75, 3.05) is 45.3 Å². The molecule has 0 aliphatic carbocycles. The smallest absolute Gasteiger partial charge is 0.211 e. The minimum Gasteiger partial charge on any atom is -0.381 e. The van der Waals surface area contributed by atoms with Crippen molar-refractivity contribution >= 4 is 10.0 Å². The zero-order valence-corrected chi connectivity index (χ0v) is 14.0. The summed E-state index contributed by atoms with van der Waals surface area (Å²) >= 11 is 0. The van der Waals surface area contributed by atoms with Gasteiger partial charge in [0.2, 0.25) is 10.0 Å². The lowest BCUT2D eigenvalue weighted by Crippen LogP contribution is -2.31. The zero-order valence-electron chi connectivity index (χ0n) is 13.2. The largest absolute Gasteiger partial charge is 0.381 e. The summed E-state index contributed by atoms with van der Waals surface area (Å²) in [7, 11) is -3.22. The van der Waals surface area contributed by atoms with Crippen molar-refractivity contribution in [1.82, 2.24) is 4.72 Å². The van der Waals surface area contributed by atoms with Gasteiger partial charge in [0.1, 0.15) is 0 Å². The molecule has 1 rings (SSSR count). The van der Waals surface area contributed by atoms with Crippen LogP contribution >= 0.6 is 0 Å². The Morgan fingerprint density at radius 3 is 2.86 bits per heavy atom. The standard InChI is InChI=1S/C14H29NO5S/c1-3-18-10-13(2)12-21(16,17)15-7-5-8-19-11-14-6-4-9-20-14/h13-15H,3-12H2,1-2H3/t13-,14-/m1/s1. The fraction of sp³-hybridized carbons (Fsp3) is 1.00. The Morgan fingerprint density at radius 2 is 2.19 bits per heavy atom. The van der Waals surface area contributed by atoms with E-state index in [1.54, 1.807) is 0 Å². The minimum absolute atomic E-state index is 0.00165. The van der Waals surface area contributed by atoms with Gasteiger partial charge in [0.15, 0.2) is 0 Å². The molecule has 126 valence electrons. The van der Waals surface area contributed by atoms with Crippen molar-refractivity contribution < 1.29 is 22.6 Å². The van der Waals surface area contributed by atoms with Crippen LogP contribution in [0.5, 0.6) is 0 Å².